The van der Waals surface area contributed by atoms with Crippen molar-refractivity contribution in [3.8, 4) is 0 Å². The zero-order valence-corrected chi connectivity index (χ0v) is 26.0. The van der Waals surface area contributed by atoms with Crippen LogP contribution in [0.15, 0.2) is 48.1 Å². The van der Waals surface area contributed by atoms with Gasteiger partial charge in [0.25, 0.3) is 0 Å². The Balaban J connectivity index is 0. The van der Waals surface area contributed by atoms with E-state index in [2.05, 4.69) is 36.4 Å². The van der Waals surface area contributed by atoms with Gasteiger partial charge in [0.1, 0.15) is 6.04 Å². The number of rotatable bonds is 6. The minimum absolute atomic E-state index is 0. The summed E-state index contributed by atoms with van der Waals surface area (Å²) in [5.41, 5.74) is 2.74. The van der Waals surface area contributed by atoms with Crippen molar-refractivity contribution < 1.29 is 88.8 Å². The Hall–Kier alpha value is 0.0235. The van der Waals surface area contributed by atoms with E-state index in [1.54, 1.807) is 18.5 Å². The predicted molar refractivity (Wildman–Crippen MR) is 115 cm³/mol. The molecule has 2 rings (SSSR count). The van der Waals surface area contributed by atoms with Crippen LogP contribution in [0.25, 0.3) is 5.57 Å². The summed E-state index contributed by atoms with van der Waals surface area (Å²) in [5.74, 6) is -0.520. The Bertz CT molecular complexity index is 738. The Morgan fingerprint density at radius 1 is 1.38 bits per heavy atom. The number of allylic oxidation sites excluding steroid dienone is 2. The van der Waals surface area contributed by atoms with Crippen LogP contribution in [-0.4, -0.2) is 35.5 Å². The third-order valence-corrected chi connectivity index (χ3v) is 4.72. The minimum Gasteiger partial charge on any atom is -0.358 e. The second-order valence-corrected chi connectivity index (χ2v) is 6.49. The summed E-state index contributed by atoms with van der Waals surface area (Å²) in [5, 5.41) is 2.41. The number of nitrogens with zero attached hydrogens (tertiary/aromatic N) is 2. The molecule has 1 aromatic rings. The van der Waals surface area contributed by atoms with E-state index in [4.69, 9.17) is 0 Å². The van der Waals surface area contributed by atoms with Crippen LogP contribution in [0.1, 0.15) is 36.3 Å². The standard InChI is InChI=1S/C20H24N3O2S.CH3.Rb.W/c1-4-15(13-21-5-2)16-8-10-17(11-9-16)20(26)22-19(25)18-7-6-12-23(18)14(3)24;;;/h4-5,8-11,13,18,20,26H,1,3,6-7,12H2,2H3,(H,22,25);1H3;;/q2*-1;+1;/b15-13+,21-5?;;;. The molecular formula is C21H27N3O2RbSW-. The number of amides is 2. The molecule has 0 saturated carbocycles. The van der Waals surface area contributed by atoms with Crippen LogP contribution in [0.4, 0.5) is 0 Å². The number of nitrogens with one attached hydrogen (secondary N) is 1. The Morgan fingerprint density at radius 3 is 2.52 bits per heavy atom. The molecule has 1 aliphatic heterocycles. The summed E-state index contributed by atoms with van der Waals surface area (Å²) in [6.45, 7) is 9.63. The van der Waals surface area contributed by atoms with Gasteiger partial charge < -0.3 is 29.4 Å². The van der Waals surface area contributed by atoms with Gasteiger partial charge in [-0.3, -0.25) is 9.79 Å². The van der Waals surface area contributed by atoms with Gasteiger partial charge in [0, 0.05) is 40.0 Å². The fourth-order valence-corrected chi connectivity index (χ4v) is 3.21. The summed E-state index contributed by atoms with van der Waals surface area (Å²) in [4.78, 5) is 29.6. The first-order valence-corrected chi connectivity index (χ1v) is 9.01. The van der Waals surface area contributed by atoms with Crippen molar-refractivity contribution in [2.45, 2.75) is 31.2 Å². The van der Waals surface area contributed by atoms with E-state index in [1.807, 2.05) is 31.2 Å². The quantitative estimate of drug-likeness (QED) is 0.156. The Labute approximate surface area is 243 Å². The van der Waals surface area contributed by atoms with E-state index in [-0.39, 0.29) is 98.5 Å². The van der Waals surface area contributed by atoms with Gasteiger partial charge in [-0.25, -0.2) is 0 Å². The molecule has 5 nitrogen and oxygen atoms in total. The number of aliphatic imine (C=N–C) groups is 1. The molecule has 0 aliphatic carbocycles. The molecule has 1 fully saturated rings. The molecule has 8 heteroatoms. The molecule has 2 unspecified atom stereocenters. The monoisotopic (exact) mass is 654 g/mol. The summed E-state index contributed by atoms with van der Waals surface area (Å²) in [6, 6.07) is 7.21. The SMILES string of the molecule is C=C/C(=C\N=CC)c1ccc(C(S)NC(=O)C2CCCN2C([CH2-])=O)cc1.[CH3-].[Rb+].[W]. The molecule has 1 saturated heterocycles. The van der Waals surface area contributed by atoms with Gasteiger partial charge in [0.15, 0.2) is 0 Å². The maximum atomic E-state index is 12.5. The molecule has 0 bridgehead atoms. The minimum atomic E-state index is -0.462. The number of carbonyl (C=O) groups excluding carboxylic acids is 2. The fraction of sp³-hybridized carbons (Fsp3) is 0.286. The van der Waals surface area contributed by atoms with E-state index in [0.29, 0.717) is 13.0 Å². The normalized spacial score (nSPS) is 16.8. The number of hydrogen-bond acceptors (Lipinski definition) is 4. The number of hydrogen-bond donors (Lipinski definition) is 2. The maximum absolute atomic E-state index is 12.5. The first-order chi connectivity index (χ1) is 12.5. The van der Waals surface area contributed by atoms with E-state index < -0.39 is 11.4 Å². The fourth-order valence-electron chi connectivity index (χ4n) is 2.91. The van der Waals surface area contributed by atoms with E-state index >= 15 is 0 Å². The molecule has 2 amide bonds. The Kier molecular flexibility index (Phi) is 17.0. The van der Waals surface area contributed by atoms with E-state index in [9.17, 15) is 9.59 Å². The van der Waals surface area contributed by atoms with Gasteiger partial charge in [-0.15, -0.1) is 12.6 Å². The number of thiol groups is 1. The second-order valence-electron chi connectivity index (χ2n) is 5.97. The second kappa shape index (κ2) is 15.8. The third-order valence-electron chi connectivity index (χ3n) is 4.30. The smallest absolute Gasteiger partial charge is 0.358 e. The summed E-state index contributed by atoms with van der Waals surface area (Å²) in [7, 11) is 0. The summed E-state index contributed by atoms with van der Waals surface area (Å²) >= 11 is 4.49. The van der Waals surface area contributed by atoms with Crippen molar-refractivity contribution in [2.24, 2.45) is 4.99 Å². The summed E-state index contributed by atoms with van der Waals surface area (Å²) in [6.07, 6.45) is 6.65. The van der Waals surface area contributed by atoms with E-state index in [1.165, 1.54) is 4.90 Å². The molecule has 1 N–H and O–H groups in total. The summed E-state index contributed by atoms with van der Waals surface area (Å²) < 4.78 is 0. The molecule has 1 aromatic carbocycles. The van der Waals surface area contributed by atoms with Crippen molar-refractivity contribution in [1.82, 2.24) is 10.2 Å². The van der Waals surface area contributed by atoms with Crippen LogP contribution in [0, 0.1) is 14.4 Å². The average molecular weight is 655 g/mol. The topological polar surface area (TPSA) is 61.8 Å². The molecular weight excluding hydrogens is 628 g/mol. The predicted octanol–water partition coefficient (Wildman–Crippen LogP) is 0.626. The van der Waals surface area contributed by atoms with Crippen LogP contribution in [0.5, 0.6) is 0 Å². The average Bonchev–Trinajstić information content (AvgIpc) is 3.13. The molecule has 29 heavy (non-hydrogen) atoms. The first kappa shape index (κ1) is 31.2. The van der Waals surface area contributed by atoms with Crippen LogP contribution >= 0.6 is 12.6 Å². The molecule has 0 spiro atoms. The van der Waals surface area contributed by atoms with Crippen molar-refractivity contribution in [1.29, 1.82) is 0 Å². The zero-order chi connectivity index (χ0) is 19.1. The van der Waals surface area contributed by atoms with Crippen molar-refractivity contribution in [2.75, 3.05) is 6.54 Å². The Morgan fingerprint density at radius 2 is 2.00 bits per heavy atom. The van der Waals surface area contributed by atoms with Gasteiger partial charge in [0.2, 0.25) is 5.91 Å². The largest absolute Gasteiger partial charge is 1.00 e. The molecule has 0 aromatic heterocycles. The molecule has 2 atom stereocenters. The van der Waals surface area contributed by atoms with E-state index in [0.717, 1.165) is 23.1 Å². The molecule has 1 heterocycles. The third kappa shape index (κ3) is 8.96. The van der Waals surface area contributed by atoms with Crippen LogP contribution < -0.4 is 63.5 Å². The molecule has 1 aliphatic rings. The number of benzene rings is 1. The number of carbonyl (C=O) groups is 2. The van der Waals surface area contributed by atoms with Gasteiger partial charge >= 0.3 is 58.2 Å². The van der Waals surface area contributed by atoms with Crippen molar-refractivity contribution in [3.63, 3.8) is 0 Å². The van der Waals surface area contributed by atoms with Crippen molar-refractivity contribution in [3.05, 3.63) is 68.6 Å². The van der Waals surface area contributed by atoms with Gasteiger partial charge in [-0.2, -0.15) is 0 Å². The molecule has 0 radical (unpaired) electrons. The molecule has 152 valence electrons. The van der Waals surface area contributed by atoms with Gasteiger partial charge in [-0.1, -0.05) is 36.9 Å². The van der Waals surface area contributed by atoms with Crippen LogP contribution in [0.3, 0.4) is 0 Å². The first-order valence-electron chi connectivity index (χ1n) is 8.49. The van der Waals surface area contributed by atoms with Crippen LogP contribution in [0.2, 0.25) is 0 Å². The van der Waals surface area contributed by atoms with Crippen molar-refractivity contribution >= 4 is 36.2 Å². The maximum Gasteiger partial charge on any atom is 1.00 e. The van der Waals surface area contributed by atoms with Gasteiger partial charge in [-0.05, 0) is 36.5 Å². The zero-order valence-electron chi connectivity index (χ0n) is 17.3. The van der Waals surface area contributed by atoms with Crippen LogP contribution in [-0.2, 0) is 30.7 Å². The van der Waals surface area contributed by atoms with Gasteiger partial charge in [0.05, 0.1) is 11.3 Å². The number of likely N-dealkylation sites (tertiary alicyclic amines) is 1.